The van der Waals surface area contributed by atoms with E-state index >= 15 is 0 Å². The molecule has 0 bridgehead atoms. The summed E-state index contributed by atoms with van der Waals surface area (Å²) >= 11 is 0. The van der Waals surface area contributed by atoms with E-state index in [4.69, 9.17) is 5.21 Å². The molecule has 2 amide bonds. The van der Waals surface area contributed by atoms with Crippen LogP contribution in [0.5, 0.6) is 0 Å². The van der Waals surface area contributed by atoms with Crippen LogP contribution in [0.3, 0.4) is 0 Å². The molecule has 0 spiro atoms. The summed E-state index contributed by atoms with van der Waals surface area (Å²) in [4.78, 5) is 35.8. The number of hydrogen-bond donors (Lipinski definition) is 4. The minimum absolute atomic E-state index is 0.131. The minimum atomic E-state index is -1.16. The number of aliphatic carboxylic acids is 1. The zero-order chi connectivity index (χ0) is 19.6. The second-order valence-electron chi connectivity index (χ2n) is 6.21. The van der Waals surface area contributed by atoms with Gasteiger partial charge in [0.15, 0.2) is 0 Å². The molecule has 2 aromatic rings. The Hall–Kier alpha value is -3.19. The van der Waals surface area contributed by atoms with Crippen molar-refractivity contribution in [3.63, 3.8) is 0 Å². The monoisotopic (exact) mass is 370 g/mol. The van der Waals surface area contributed by atoms with E-state index in [0.29, 0.717) is 0 Å². The number of carbonyl (C=O) groups excluding carboxylic acids is 2. The molecule has 142 valence electrons. The normalized spacial score (nSPS) is 12.6. The van der Waals surface area contributed by atoms with Gasteiger partial charge in [0.05, 0.1) is 5.92 Å². The lowest BCUT2D eigenvalue weighted by Crippen LogP contribution is -2.46. The van der Waals surface area contributed by atoms with Gasteiger partial charge in [0.1, 0.15) is 6.04 Å². The van der Waals surface area contributed by atoms with Gasteiger partial charge in [-0.15, -0.1) is 0 Å². The standard InChI is InChI=1S/C20H22N2O5/c23-18(22-27)13-16(11-14-7-3-1-4-8-14)19(24)21-17(20(25)26)12-15-9-5-2-6-10-15/h1-10,16-17,27H,11-13H2,(H,21,24)(H,22,23)(H,25,26)/t16-,17-/m0/s1. The number of hydroxylamine groups is 1. The van der Waals surface area contributed by atoms with Gasteiger partial charge >= 0.3 is 5.97 Å². The number of nitrogens with one attached hydrogen (secondary N) is 2. The summed E-state index contributed by atoms with van der Waals surface area (Å²) < 4.78 is 0. The topological polar surface area (TPSA) is 116 Å². The van der Waals surface area contributed by atoms with Gasteiger partial charge in [-0.1, -0.05) is 60.7 Å². The number of carboxylic acids is 1. The van der Waals surface area contributed by atoms with E-state index in [2.05, 4.69) is 5.32 Å². The van der Waals surface area contributed by atoms with Crippen LogP contribution in [0, 0.1) is 5.92 Å². The molecule has 0 aliphatic heterocycles. The quantitative estimate of drug-likeness (QED) is 0.395. The van der Waals surface area contributed by atoms with Crippen LogP contribution in [-0.4, -0.2) is 34.1 Å². The van der Waals surface area contributed by atoms with Crippen molar-refractivity contribution in [1.82, 2.24) is 10.8 Å². The Balaban J connectivity index is 2.11. The first kappa shape index (κ1) is 20.1. The first-order valence-electron chi connectivity index (χ1n) is 8.53. The van der Waals surface area contributed by atoms with Gasteiger partial charge in [0.25, 0.3) is 0 Å². The Morgan fingerprint density at radius 2 is 1.37 bits per heavy atom. The Bertz CT molecular complexity index is 764. The van der Waals surface area contributed by atoms with Crippen LogP contribution in [0.15, 0.2) is 60.7 Å². The van der Waals surface area contributed by atoms with Crippen molar-refractivity contribution in [3.8, 4) is 0 Å². The smallest absolute Gasteiger partial charge is 0.326 e. The molecule has 0 aliphatic rings. The van der Waals surface area contributed by atoms with E-state index in [1.807, 2.05) is 36.4 Å². The third-order valence-electron chi connectivity index (χ3n) is 4.15. The molecule has 0 unspecified atom stereocenters. The Kier molecular flexibility index (Phi) is 7.51. The highest BCUT2D eigenvalue weighted by Gasteiger charge is 2.27. The summed E-state index contributed by atoms with van der Waals surface area (Å²) in [7, 11) is 0. The third kappa shape index (κ3) is 6.56. The van der Waals surface area contributed by atoms with Crippen molar-refractivity contribution in [2.24, 2.45) is 5.92 Å². The second kappa shape index (κ2) is 10.1. The van der Waals surface area contributed by atoms with E-state index in [-0.39, 0.29) is 19.3 Å². The van der Waals surface area contributed by atoms with Crippen LogP contribution in [0.1, 0.15) is 17.5 Å². The molecule has 0 fully saturated rings. The molecule has 4 N–H and O–H groups in total. The van der Waals surface area contributed by atoms with Crippen molar-refractivity contribution in [1.29, 1.82) is 0 Å². The van der Waals surface area contributed by atoms with Gasteiger partial charge in [-0.3, -0.25) is 14.8 Å². The summed E-state index contributed by atoms with van der Waals surface area (Å²) in [5, 5.41) is 20.7. The van der Waals surface area contributed by atoms with E-state index < -0.39 is 29.7 Å². The summed E-state index contributed by atoms with van der Waals surface area (Å²) in [6.45, 7) is 0. The number of carbonyl (C=O) groups is 3. The molecule has 2 rings (SSSR count). The summed E-state index contributed by atoms with van der Waals surface area (Å²) in [5.41, 5.74) is 3.12. The first-order valence-corrected chi connectivity index (χ1v) is 8.53. The highest BCUT2D eigenvalue weighted by molar-refractivity contribution is 5.88. The molecule has 0 radical (unpaired) electrons. The fourth-order valence-electron chi connectivity index (χ4n) is 2.77. The summed E-state index contributed by atoms with van der Waals surface area (Å²) in [6.07, 6.45) is 0.124. The van der Waals surface area contributed by atoms with Crippen LogP contribution in [0.4, 0.5) is 0 Å². The molecule has 0 heterocycles. The molecule has 27 heavy (non-hydrogen) atoms. The average Bonchev–Trinajstić information content (AvgIpc) is 2.68. The fourth-order valence-corrected chi connectivity index (χ4v) is 2.77. The molecule has 2 atom stereocenters. The van der Waals surface area contributed by atoms with E-state index in [1.165, 1.54) is 5.48 Å². The van der Waals surface area contributed by atoms with Crippen LogP contribution < -0.4 is 10.8 Å². The number of amides is 2. The Morgan fingerprint density at radius 1 is 0.852 bits per heavy atom. The van der Waals surface area contributed by atoms with E-state index in [1.54, 1.807) is 24.3 Å². The molecular weight excluding hydrogens is 348 g/mol. The summed E-state index contributed by atoms with van der Waals surface area (Å²) in [6, 6.07) is 16.9. The lowest BCUT2D eigenvalue weighted by atomic mass is 9.94. The number of hydrogen-bond acceptors (Lipinski definition) is 4. The van der Waals surface area contributed by atoms with Crippen molar-refractivity contribution >= 4 is 17.8 Å². The molecular formula is C20H22N2O5. The zero-order valence-corrected chi connectivity index (χ0v) is 14.7. The number of carboxylic acid groups (broad SMARTS) is 1. The maximum Gasteiger partial charge on any atom is 0.326 e. The van der Waals surface area contributed by atoms with Crippen molar-refractivity contribution < 1.29 is 24.7 Å². The van der Waals surface area contributed by atoms with Crippen LogP contribution >= 0.6 is 0 Å². The minimum Gasteiger partial charge on any atom is -0.480 e. The molecule has 0 saturated carbocycles. The largest absolute Gasteiger partial charge is 0.480 e. The molecule has 0 aliphatic carbocycles. The SMILES string of the molecule is O=C(C[C@H](Cc1ccccc1)C(=O)N[C@@H](Cc1ccccc1)C(=O)O)NO. The molecule has 2 aromatic carbocycles. The highest BCUT2D eigenvalue weighted by atomic mass is 16.5. The Labute approximate surface area is 157 Å². The van der Waals surface area contributed by atoms with Gasteiger partial charge < -0.3 is 10.4 Å². The predicted molar refractivity (Wildman–Crippen MR) is 97.9 cm³/mol. The van der Waals surface area contributed by atoms with Gasteiger partial charge in [0.2, 0.25) is 11.8 Å². The van der Waals surface area contributed by atoms with Crippen molar-refractivity contribution in [2.45, 2.75) is 25.3 Å². The van der Waals surface area contributed by atoms with Crippen LogP contribution in [0.25, 0.3) is 0 Å². The van der Waals surface area contributed by atoms with Gasteiger partial charge in [-0.25, -0.2) is 10.3 Å². The third-order valence-corrected chi connectivity index (χ3v) is 4.15. The number of rotatable bonds is 9. The van der Waals surface area contributed by atoms with E-state index in [0.717, 1.165) is 11.1 Å². The Morgan fingerprint density at radius 3 is 1.85 bits per heavy atom. The summed E-state index contributed by atoms with van der Waals surface area (Å²) in [5.74, 6) is -3.22. The highest BCUT2D eigenvalue weighted by Crippen LogP contribution is 2.14. The molecule has 0 saturated heterocycles. The second-order valence-corrected chi connectivity index (χ2v) is 6.21. The van der Waals surface area contributed by atoms with Crippen molar-refractivity contribution in [3.05, 3.63) is 71.8 Å². The lowest BCUT2D eigenvalue weighted by molar-refractivity contribution is -0.142. The van der Waals surface area contributed by atoms with Crippen LogP contribution in [0.2, 0.25) is 0 Å². The molecule has 7 nitrogen and oxygen atoms in total. The van der Waals surface area contributed by atoms with Gasteiger partial charge in [0, 0.05) is 12.8 Å². The van der Waals surface area contributed by atoms with Gasteiger partial charge in [-0.2, -0.15) is 0 Å². The lowest BCUT2D eigenvalue weighted by Gasteiger charge is -2.20. The van der Waals surface area contributed by atoms with Gasteiger partial charge in [-0.05, 0) is 17.5 Å². The first-order chi connectivity index (χ1) is 13.0. The van der Waals surface area contributed by atoms with Crippen LogP contribution in [-0.2, 0) is 27.2 Å². The fraction of sp³-hybridized carbons (Fsp3) is 0.250. The van der Waals surface area contributed by atoms with Crippen molar-refractivity contribution in [2.75, 3.05) is 0 Å². The molecule has 0 aromatic heterocycles. The average molecular weight is 370 g/mol. The maximum atomic E-state index is 12.7. The predicted octanol–water partition coefficient (Wildman–Crippen LogP) is 1.55. The number of benzene rings is 2. The maximum absolute atomic E-state index is 12.7. The van der Waals surface area contributed by atoms with E-state index in [9.17, 15) is 19.5 Å². The molecule has 7 heteroatoms. The zero-order valence-electron chi connectivity index (χ0n) is 14.7.